The zero-order chi connectivity index (χ0) is 15.4. The number of benzene rings is 1. The van der Waals surface area contributed by atoms with E-state index in [2.05, 4.69) is 15.6 Å². The van der Waals surface area contributed by atoms with Gasteiger partial charge in [0, 0.05) is 24.9 Å². The quantitative estimate of drug-likeness (QED) is 0.665. The molecule has 2 rings (SSSR count). The number of carbonyl (C=O) groups excluding carboxylic acids is 1. The third kappa shape index (κ3) is 3.14. The molecule has 0 fully saturated rings. The van der Waals surface area contributed by atoms with Crippen molar-refractivity contribution < 1.29 is 9.72 Å². The van der Waals surface area contributed by atoms with Crippen molar-refractivity contribution in [1.29, 1.82) is 0 Å². The Labute approximate surface area is 121 Å². The molecule has 7 nitrogen and oxygen atoms in total. The van der Waals surface area contributed by atoms with Crippen molar-refractivity contribution in [3.63, 3.8) is 0 Å². The number of aryl methyl sites for hydroxylation is 1. The fourth-order valence-corrected chi connectivity index (χ4v) is 1.82. The molecule has 1 amide bonds. The van der Waals surface area contributed by atoms with Gasteiger partial charge in [-0.1, -0.05) is 0 Å². The molecule has 2 aromatic rings. The largest absolute Gasteiger partial charge is 0.383 e. The highest BCUT2D eigenvalue weighted by Gasteiger charge is 2.17. The molecule has 0 aliphatic rings. The summed E-state index contributed by atoms with van der Waals surface area (Å²) in [5.74, 6) is -0.420. The van der Waals surface area contributed by atoms with Gasteiger partial charge in [0.2, 0.25) is 0 Å². The fourth-order valence-electron chi connectivity index (χ4n) is 1.82. The first kappa shape index (κ1) is 14.4. The normalized spacial score (nSPS) is 10.0. The number of amides is 1. The van der Waals surface area contributed by atoms with Crippen molar-refractivity contribution in [2.75, 3.05) is 17.7 Å². The van der Waals surface area contributed by atoms with Crippen LogP contribution in [0.25, 0.3) is 0 Å². The summed E-state index contributed by atoms with van der Waals surface area (Å²) in [6, 6.07) is 6.04. The van der Waals surface area contributed by atoms with Crippen LogP contribution in [0.15, 0.2) is 36.7 Å². The fraction of sp³-hybridized carbons (Fsp3) is 0.143. The lowest BCUT2D eigenvalue weighted by Crippen LogP contribution is -2.13. The van der Waals surface area contributed by atoms with Gasteiger partial charge in [0.25, 0.3) is 11.6 Å². The van der Waals surface area contributed by atoms with Gasteiger partial charge in [-0.15, -0.1) is 0 Å². The summed E-state index contributed by atoms with van der Waals surface area (Å²) in [5.41, 5.74) is 1.86. The molecule has 0 spiro atoms. The van der Waals surface area contributed by atoms with Gasteiger partial charge in [0.1, 0.15) is 5.69 Å². The molecule has 0 unspecified atom stereocenters. The molecule has 2 N–H and O–H groups in total. The van der Waals surface area contributed by atoms with E-state index in [1.807, 2.05) is 6.92 Å². The predicted molar refractivity (Wildman–Crippen MR) is 79.6 cm³/mol. The number of nitro groups is 1. The van der Waals surface area contributed by atoms with Crippen molar-refractivity contribution in [2.24, 2.45) is 0 Å². The van der Waals surface area contributed by atoms with E-state index >= 15 is 0 Å². The maximum absolute atomic E-state index is 12.2. The molecule has 1 heterocycles. The number of nitrogens with one attached hydrogen (secondary N) is 2. The van der Waals surface area contributed by atoms with E-state index in [0.29, 0.717) is 11.4 Å². The molecule has 0 saturated carbocycles. The summed E-state index contributed by atoms with van der Waals surface area (Å²) < 4.78 is 0. The van der Waals surface area contributed by atoms with Gasteiger partial charge in [0.05, 0.1) is 16.8 Å². The molecular weight excluding hydrogens is 272 g/mol. The number of anilines is 2. The summed E-state index contributed by atoms with van der Waals surface area (Å²) in [5, 5.41) is 16.4. The van der Waals surface area contributed by atoms with Gasteiger partial charge in [-0.25, -0.2) is 0 Å². The molecular formula is C14H14N4O3. The lowest BCUT2D eigenvalue weighted by Gasteiger charge is -2.08. The second-order valence-corrected chi connectivity index (χ2v) is 4.38. The molecule has 7 heteroatoms. The molecule has 21 heavy (non-hydrogen) atoms. The number of carbonyl (C=O) groups is 1. The van der Waals surface area contributed by atoms with E-state index in [4.69, 9.17) is 0 Å². The maximum atomic E-state index is 12.2. The van der Waals surface area contributed by atoms with E-state index in [0.717, 1.165) is 5.56 Å². The Balaban J connectivity index is 2.30. The van der Waals surface area contributed by atoms with Crippen LogP contribution in [0.3, 0.4) is 0 Å². The van der Waals surface area contributed by atoms with E-state index in [9.17, 15) is 14.9 Å². The smallest absolute Gasteiger partial charge is 0.293 e. The molecule has 108 valence electrons. The number of nitro benzene ring substituents is 1. The third-order valence-electron chi connectivity index (χ3n) is 3.01. The van der Waals surface area contributed by atoms with Crippen LogP contribution in [-0.4, -0.2) is 22.9 Å². The van der Waals surface area contributed by atoms with Gasteiger partial charge in [-0.3, -0.25) is 19.9 Å². The highest BCUT2D eigenvalue weighted by Crippen LogP contribution is 2.25. The predicted octanol–water partition coefficient (Wildman–Crippen LogP) is 2.59. The average Bonchev–Trinajstić information content (AvgIpc) is 2.48. The lowest BCUT2D eigenvalue weighted by atomic mass is 10.1. The van der Waals surface area contributed by atoms with Gasteiger partial charge in [-0.2, -0.15) is 0 Å². The van der Waals surface area contributed by atoms with Gasteiger partial charge >= 0.3 is 0 Å². The van der Waals surface area contributed by atoms with E-state index in [1.165, 1.54) is 24.4 Å². The van der Waals surface area contributed by atoms with Crippen LogP contribution in [0.2, 0.25) is 0 Å². The average molecular weight is 286 g/mol. The van der Waals surface area contributed by atoms with Crippen LogP contribution < -0.4 is 10.6 Å². The maximum Gasteiger partial charge on any atom is 0.293 e. The Bertz CT molecular complexity index is 700. The Kier molecular flexibility index (Phi) is 4.13. The Hall–Kier alpha value is -2.96. The summed E-state index contributed by atoms with van der Waals surface area (Å²) in [7, 11) is 1.58. The first-order valence-electron chi connectivity index (χ1n) is 6.21. The van der Waals surface area contributed by atoms with Crippen LogP contribution in [0.1, 0.15) is 15.9 Å². The molecule has 0 aliphatic carbocycles. The molecule has 1 aromatic heterocycles. The molecule has 1 aromatic carbocycles. The van der Waals surface area contributed by atoms with Crippen LogP contribution in [0.5, 0.6) is 0 Å². The minimum atomic E-state index is -0.530. The molecule has 0 aliphatic heterocycles. The first-order chi connectivity index (χ1) is 10.0. The van der Waals surface area contributed by atoms with Gasteiger partial charge < -0.3 is 10.6 Å². The third-order valence-corrected chi connectivity index (χ3v) is 3.01. The zero-order valence-electron chi connectivity index (χ0n) is 11.6. The van der Waals surface area contributed by atoms with Crippen LogP contribution in [0, 0.1) is 17.0 Å². The van der Waals surface area contributed by atoms with Crippen LogP contribution >= 0.6 is 0 Å². The number of hydrogen-bond acceptors (Lipinski definition) is 5. The highest BCUT2D eigenvalue weighted by molar-refractivity contribution is 6.05. The minimum Gasteiger partial charge on any atom is -0.383 e. The zero-order valence-corrected chi connectivity index (χ0v) is 11.6. The molecule has 0 atom stereocenters. The van der Waals surface area contributed by atoms with E-state index < -0.39 is 10.8 Å². The Morgan fingerprint density at radius 1 is 1.29 bits per heavy atom. The SMILES string of the molecule is CNc1ccc(C(=O)Nc2cnccc2C)cc1[N+](=O)[O-]. The monoisotopic (exact) mass is 286 g/mol. The second kappa shape index (κ2) is 6.00. The molecule has 0 radical (unpaired) electrons. The Morgan fingerprint density at radius 2 is 2.05 bits per heavy atom. The standard InChI is InChI=1S/C14H14N4O3/c1-9-5-6-16-8-12(9)17-14(19)10-3-4-11(15-2)13(7-10)18(20)21/h3-8,15H,1-2H3,(H,17,19). The summed E-state index contributed by atoms with van der Waals surface area (Å²) in [6.07, 6.45) is 3.15. The lowest BCUT2D eigenvalue weighted by molar-refractivity contribution is -0.384. The highest BCUT2D eigenvalue weighted by atomic mass is 16.6. The van der Waals surface area contributed by atoms with Crippen LogP contribution in [-0.2, 0) is 0 Å². The van der Waals surface area contributed by atoms with Crippen molar-refractivity contribution >= 4 is 23.0 Å². The number of nitrogens with zero attached hydrogens (tertiary/aromatic N) is 2. The van der Waals surface area contributed by atoms with E-state index in [-0.39, 0.29) is 11.3 Å². The summed E-state index contributed by atoms with van der Waals surface area (Å²) in [4.78, 5) is 26.6. The summed E-state index contributed by atoms with van der Waals surface area (Å²) >= 11 is 0. The van der Waals surface area contributed by atoms with Gasteiger partial charge in [0.15, 0.2) is 0 Å². The first-order valence-corrected chi connectivity index (χ1v) is 6.21. The van der Waals surface area contributed by atoms with Crippen molar-refractivity contribution in [3.8, 4) is 0 Å². The second-order valence-electron chi connectivity index (χ2n) is 4.38. The van der Waals surface area contributed by atoms with Crippen molar-refractivity contribution in [1.82, 2.24) is 4.98 Å². The van der Waals surface area contributed by atoms with Crippen molar-refractivity contribution in [2.45, 2.75) is 6.92 Å². The number of pyridine rings is 1. The molecule has 0 bridgehead atoms. The molecule has 0 saturated heterocycles. The van der Waals surface area contributed by atoms with Crippen LogP contribution in [0.4, 0.5) is 17.1 Å². The summed E-state index contributed by atoms with van der Waals surface area (Å²) in [6.45, 7) is 1.84. The van der Waals surface area contributed by atoms with E-state index in [1.54, 1.807) is 19.3 Å². The Morgan fingerprint density at radius 3 is 2.67 bits per heavy atom. The number of hydrogen-bond donors (Lipinski definition) is 2. The topological polar surface area (TPSA) is 97.2 Å². The number of rotatable bonds is 4. The minimum absolute atomic E-state index is 0.145. The number of aromatic nitrogens is 1. The van der Waals surface area contributed by atoms with Gasteiger partial charge in [-0.05, 0) is 30.7 Å². The van der Waals surface area contributed by atoms with Crippen molar-refractivity contribution in [3.05, 3.63) is 57.9 Å².